The minimum absolute atomic E-state index is 0.132. The predicted octanol–water partition coefficient (Wildman–Crippen LogP) is 2.52. The molecule has 1 aromatic carbocycles. The summed E-state index contributed by atoms with van der Waals surface area (Å²) >= 11 is 3.51. The first kappa shape index (κ1) is 14.0. The maximum Gasteiger partial charge on any atom is 0.256 e. The van der Waals surface area contributed by atoms with Crippen LogP contribution in [0.15, 0.2) is 39.9 Å². The number of hydrogen-bond acceptors (Lipinski definition) is 4. The van der Waals surface area contributed by atoms with Crippen molar-refractivity contribution < 1.29 is 4.79 Å². The summed E-state index contributed by atoms with van der Waals surface area (Å²) in [5.41, 5.74) is 1.61. The molecule has 2 N–H and O–H groups in total. The lowest BCUT2D eigenvalue weighted by Gasteiger charge is -2.09. The fourth-order valence-corrected chi connectivity index (χ4v) is 2.80. The van der Waals surface area contributed by atoms with Gasteiger partial charge >= 0.3 is 0 Å². The van der Waals surface area contributed by atoms with Gasteiger partial charge in [-0.15, -0.1) is 0 Å². The van der Waals surface area contributed by atoms with Crippen molar-refractivity contribution in [1.82, 2.24) is 15.6 Å². The van der Waals surface area contributed by atoms with E-state index < -0.39 is 6.04 Å². The molecule has 5 nitrogen and oxygen atoms in total. The van der Waals surface area contributed by atoms with Crippen molar-refractivity contribution in [3.63, 3.8) is 0 Å². The third kappa shape index (κ3) is 2.63. The highest BCUT2D eigenvalue weighted by Crippen LogP contribution is 2.31. The number of carbonyl (C=O) groups excluding carboxylic acids is 1. The van der Waals surface area contributed by atoms with Crippen LogP contribution in [-0.4, -0.2) is 22.9 Å². The molecule has 21 heavy (non-hydrogen) atoms. The van der Waals surface area contributed by atoms with Gasteiger partial charge in [-0.05, 0) is 26.0 Å². The SMILES string of the molecule is CC(C)NC1=NC(c2ccc(Br)c3cccnc23)C(=O)N1. The van der Waals surface area contributed by atoms with E-state index in [1.165, 1.54) is 0 Å². The Morgan fingerprint density at radius 2 is 2.14 bits per heavy atom. The van der Waals surface area contributed by atoms with Crippen LogP contribution in [0.25, 0.3) is 10.9 Å². The summed E-state index contributed by atoms with van der Waals surface area (Å²) in [7, 11) is 0. The number of carbonyl (C=O) groups is 1. The molecule has 0 fully saturated rings. The first-order valence-corrected chi connectivity index (χ1v) is 7.54. The van der Waals surface area contributed by atoms with Gasteiger partial charge in [-0.2, -0.15) is 0 Å². The van der Waals surface area contributed by atoms with Gasteiger partial charge in [0.05, 0.1) is 5.52 Å². The van der Waals surface area contributed by atoms with Crippen molar-refractivity contribution in [3.8, 4) is 0 Å². The standard InChI is InChI=1S/C15H15BrN4O/c1-8(2)18-15-19-13(14(21)20-15)10-5-6-11(16)9-4-3-7-17-12(9)10/h3-8,13H,1-2H3,(H2,18,19,20,21). The highest BCUT2D eigenvalue weighted by atomic mass is 79.9. The number of fused-ring (bicyclic) bond motifs is 1. The second-order valence-corrected chi connectivity index (χ2v) is 6.06. The van der Waals surface area contributed by atoms with Gasteiger partial charge in [0.25, 0.3) is 5.91 Å². The van der Waals surface area contributed by atoms with Crippen LogP contribution in [0.1, 0.15) is 25.5 Å². The number of hydrogen-bond donors (Lipinski definition) is 2. The average Bonchev–Trinajstić information content (AvgIpc) is 2.79. The maximum absolute atomic E-state index is 12.2. The highest BCUT2D eigenvalue weighted by Gasteiger charge is 2.30. The molecule has 1 aliphatic heterocycles. The van der Waals surface area contributed by atoms with Crippen molar-refractivity contribution in [1.29, 1.82) is 0 Å². The van der Waals surface area contributed by atoms with E-state index in [1.54, 1.807) is 6.20 Å². The Kier molecular flexibility index (Phi) is 3.63. The summed E-state index contributed by atoms with van der Waals surface area (Å²) in [6.07, 6.45) is 1.72. The molecule has 1 amide bonds. The van der Waals surface area contributed by atoms with Crippen molar-refractivity contribution in [3.05, 3.63) is 40.5 Å². The zero-order valence-electron chi connectivity index (χ0n) is 11.7. The Balaban J connectivity index is 2.07. The molecule has 6 heteroatoms. The lowest BCUT2D eigenvalue weighted by atomic mass is 10.0. The van der Waals surface area contributed by atoms with E-state index in [4.69, 9.17) is 0 Å². The summed E-state index contributed by atoms with van der Waals surface area (Å²) in [6, 6.07) is 7.32. The monoisotopic (exact) mass is 346 g/mol. The van der Waals surface area contributed by atoms with Gasteiger partial charge in [-0.1, -0.05) is 28.1 Å². The number of halogens is 1. The van der Waals surface area contributed by atoms with Crippen LogP contribution in [0.2, 0.25) is 0 Å². The molecule has 2 aromatic rings. The summed E-state index contributed by atoms with van der Waals surface area (Å²) < 4.78 is 0.956. The topological polar surface area (TPSA) is 66.4 Å². The number of guanidine groups is 1. The molecule has 1 unspecified atom stereocenters. The van der Waals surface area contributed by atoms with Gasteiger partial charge < -0.3 is 5.32 Å². The number of pyridine rings is 1. The van der Waals surface area contributed by atoms with Crippen LogP contribution in [0, 0.1) is 0 Å². The molecular formula is C15H15BrN4O. The minimum atomic E-state index is -0.559. The molecule has 0 bridgehead atoms. The van der Waals surface area contributed by atoms with E-state index in [1.807, 2.05) is 38.1 Å². The van der Waals surface area contributed by atoms with Crippen LogP contribution in [0.3, 0.4) is 0 Å². The normalized spacial score (nSPS) is 18.0. The minimum Gasteiger partial charge on any atom is -0.354 e. The first-order valence-electron chi connectivity index (χ1n) is 6.74. The number of rotatable bonds is 2. The number of amides is 1. The lowest BCUT2D eigenvalue weighted by Crippen LogP contribution is -2.40. The summed E-state index contributed by atoms with van der Waals surface area (Å²) in [5, 5.41) is 6.87. The average molecular weight is 347 g/mol. The van der Waals surface area contributed by atoms with Gasteiger partial charge in [-0.25, -0.2) is 4.99 Å². The molecule has 108 valence electrons. The summed E-state index contributed by atoms with van der Waals surface area (Å²) in [5.74, 6) is 0.388. The Bertz CT molecular complexity index is 742. The molecule has 0 spiro atoms. The van der Waals surface area contributed by atoms with Crippen LogP contribution in [0.4, 0.5) is 0 Å². The molecular weight excluding hydrogens is 332 g/mol. The van der Waals surface area contributed by atoms with Crippen molar-refractivity contribution in [2.75, 3.05) is 0 Å². The van der Waals surface area contributed by atoms with E-state index in [0.29, 0.717) is 5.96 Å². The number of aromatic nitrogens is 1. The van der Waals surface area contributed by atoms with Crippen LogP contribution < -0.4 is 10.6 Å². The smallest absolute Gasteiger partial charge is 0.256 e. The van der Waals surface area contributed by atoms with E-state index in [2.05, 4.69) is 36.5 Å². The van der Waals surface area contributed by atoms with Gasteiger partial charge in [0.2, 0.25) is 0 Å². The van der Waals surface area contributed by atoms with Crippen LogP contribution in [-0.2, 0) is 4.79 Å². The molecule has 0 radical (unpaired) electrons. The highest BCUT2D eigenvalue weighted by molar-refractivity contribution is 9.10. The van der Waals surface area contributed by atoms with Gasteiger partial charge in [-0.3, -0.25) is 15.1 Å². The van der Waals surface area contributed by atoms with E-state index in [0.717, 1.165) is 20.9 Å². The van der Waals surface area contributed by atoms with Crippen molar-refractivity contribution >= 4 is 38.7 Å². The second-order valence-electron chi connectivity index (χ2n) is 5.20. The van der Waals surface area contributed by atoms with E-state index in [-0.39, 0.29) is 11.9 Å². The molecule has 0 saturated carbocycles. The fourth-order valence-electron chi connectivity index (χ4n) is 2.34. The Labute approximate surface area is 131 Å². The number of benzene rings is 1. The zero-order valence-corrected chi connectivity index (χ0v) is 13.3. The van der Waals surface area contributed by atoms with Crippen molar-refractivity contribution in [2.45, 2.75) is 25.9 Å². The molecule has 0 saturated heterocycles. The fraction of sp³-hybridized carbons (Fsp3) is 0.267. The summed E-state index contributed by atoms with van der Waals surface area (Å²) in [4.78, 5) is 21.0. The molecule has 1 atom stereocenters. The third-order valence-electron chi connectivity index (χ3n) is 3.22. The molecule has 3 rings (SSSR count). The number of nitrogens with zero attached hydrogens (tertiary/aromatic N) is 2. The van der Waals surface area contributed by atoms with E-state index >= 15 is 0 Å². The van der Waals surface area contributed by atoms with Crippen molar-refractivity contribution in [2.24, 2.45) is 4.99 Å². The van der Waals surface area contributed by atoms with Gasteiger partial charge in [0.15, 0.2) is 12.0 Å². The first-order chi connectivity index (χ1) is 10.1. The van der Waals surface area contributed by atoms with Gasteiger partial charge in [0.1, 0.15) is 0 Å². The molecule has 0 aliphatic carbocycles. The zero-order chi connectivity index (χ0) is 15.0. The van der Waals surface area contributed by atoms with E-state index in [9.17, 15) is 4.79 Å². The Morgan fingerprint density at radius 1 is 1.33 bits per heavy atom. The van der Waals surface area contributed by atoms with Gasteiger partial charge in [0, 0.05) is 27.7 Å². The second kappa shape index (κ2) is 5.44. The predicted molar refractivity (Wildman–Crippen MR) is 86.0 cm³/mol. The van der Waals surface area contributed by atoms with Crippen LogP contribution >= 0.6 is 15.9 Å². The summed E-state index contributed by atoms with van der Waals surface area (Å²) in [6.45, 7) is 4.00. The Morgan fingerprint density at radius 3 is 2.90 bits per heavy atom. The third-order valence-corrected chi connectivity index (χ3v) is 3.91. The maximum atomic E-state index is 12.2. The number of nitrogens with one attached hydrogen (secondary N) is 2. The quantitative estimate of drug-likeness (QED) is 0.877. The largest absolute Gasteiger partial charge is 0.354 e. The number of aliphatic imine (C=N–C) groups is 1. The van der Waals surface area contributed by atoms with Crippen LogP contribution in [0.5, 0.6) is 0 Å². The molecule has 1 aliphatic rings. The molecule has 1 aromatic heterocycles. The molecule has 2 heterocycles. The Hall–Kier alpha value is -1.95. The lowest BCUT2D eigenvalue weighted by molar-refractivity contribution is -0.120.